The molecular weight excluding hydrogens is 230 g/mol. The first-order chi connectivity index (χ1) is 8.22. The van der Waals surface area contributed by atoms with Crippen molar-refractivity contribution >= 4 is 33.0 Å². The second-order valence-corrected chi connectivity index (χ2v) is 3.65. The molecule has 0 N–H and O–H groups in total. The first-order valence-electron chi connectivity index (χ1n) is 5.83. The highest BCUT2D eigenvalue weighted by Crippen LogP contribution is 2.20. The van der Waals surface area contributed by atoms with E-state index in [-0.39, 0.29) is 1.43 Å². The minimum absolute atomic E-state index is 0. The molecule has 2 aromatic heterocycles. The van der Waals surface area contributed by atoms with Gasteiger partial charge in [-0.3, -0.25) is 0 Å². The third-order valence-corrected chi connectivity index (χ3v) is 2.30. The van der Waals surface area contributed by atoms with Gasteiger partial charge in [0.25, 0.3) is 0 Å². The summed E-state index contributed by atoms with van der Waals surface area (Å²) in [7, 11) is 1.87. The maximum atomic E-state index is 5.00. The van der Waals surface area contributed by atoms with Crippen molar-refractivity contribution in [1.82, 2.24) is 14.8 Å². The van der Waals surface area contributed by atoms with Crippen LogP contribution in [0.3, 0.4) is 0 Å². The van der Waals surface area contributed by atoms with Crippen LogP contribution >= 0.6 is 15.9 Å². The fourth-order valence-corrected chi connectivity index (χ4v) is 1.62. The van der Waals surface area contributed by atoms with E-state index in [1.54, 1.807) is 17.0 Å². The summed E-state index contributed by atoms with van der Waals surface area (Å²) < 4.78 is 22.7. The number of hydrogen-bond donors (Lipinski definition) is 0. The van der Waals surface area contributed by atoms with Crippen LogP contribution in [0, 0.1) is 0 Å². The van der Waals surface area contributed by atoms with Crippen LogP contribution in [0.15, 0.2) is 23.3 Å². The Morgan fingerprint density at radius 1 is 1.77 bits per heavy atom. The molecule has 72 valence electrons. The van der Waals surface area contributed by atoms with Crippen molar-refractivity contribution in [2.45, 2.75) is 0 Å². The Morgan fingerprint density at radius 2 is 2.54 bits per heavy atom. The number of nitrogens with zero attached hydrogens (tertiary/aromatic N) is 3. The molecule has 0 aromatic carbocycles. The fraction of sp³-hybridized carbons (Fsp3) is 0.111. The zero-order chi connectivity index (χ0) is 13.4. The Labute approximate surface area is 91.9 Å². The minimum Gasteiger partial charge on any atom is -0.250 e. The summed E-state index contributed by atoms with van der Waals surface area (Å²) in [5, 5.41) is 5.28. The molecular formula is C9H14BrN3. The maximum Gasteiger partial charge on any atom is 0.158 e. The van der Waals surface area contributed by atoms with Crippen molar-refractivity contribution in [1.29, 1.82) is 0 Å². The molecule has 2 heterocycles. The summed E-state index contributed by atoms with van der Waals surface area (Å²) >= 11 is 3.37. The van der Waals surface area contributed by atoms with Gasteiger partial charge >= 0.3 is 0 Å². The van der Waals surface area contributed by atoms with Gasteiger partial charge in [-0.15, -0.1) is 0 Å². The predicted octanol–water partition coefficient (Wildman–Crippen LogP) is 3.11. The van der Waals surface area contributed by atoms with Gasteiger partial charge in [0.1, 0.15) is 0 Å². The van der Waals surface area contributed by atoms with Gasteiger partial charge < -0.3 is 0 Å². The smallest absolute Gasteiger partial charge is 0.158 e. The second kappa shape index (κ2) is 2.96. The molecule has 0 fully saturated rings. The van der Waals surface area contributed by atoms with Crippen molar-refractivity contribution < 1.29 is 7.37 Å². The average Bonchev–Trinajstić information content (AvgIpc) is 2.70. The number of rotatable bonds is 1. The zero-order valence-corrected chi connectivity index (χ0v) is 8.74. The molecule has 0 spiro atoms. The van der Waals surface area contributed by atoms with Crippen LogP contribution in [0.1, 0.15) is 13.1 Å². The van der Waals surface area contributed by atoms with Gasteiger partial charge in [-0.25, -0.2) is 9.67 Å². The van der Waals surface area contributed by atoms with E-state index in [9.17, 15) is 0 Å². The summed E-state index contributed by atoms with van der Waals surface area (Å²) in [6.07, 6.45) is 3.49. The third kappa shape index (κ3) is 1.27. The van der Waals surface area contributed by atoms with E-state index >= 15 is 0 Å². The number of aryl methyl sites for hydroxylation is 1. The van der Waals surface area contributed by atoms with Gasteiger partial charge in [-0.05, 0) is 28.1 Å². The van der Waals surface area contributed by atoms with Crippen molar-refractivity contribution in [3.8, 4) is 0 Å². The van der Waals surface area contributed by atoms with E-state index in [0.717, 1.165) is 21.2 Å². The van der Waals surface area contributed by atoms with Crippen LogP contribution in [-0.2, 0) is 7.05 Å². The highest BCUT2D eigenvalue weighted by Gasteiger charge is 2.06. The molecule has 0 bridgehead atoms. The molecule has 0 aliphatic heterocycles. The van der Waals surface area contributed by atoms with Crippen molar-refractivity contribution in [2.24, 2.45) is 7.05 Å². The Bertz CT molecular complexity index is 488. The van der Waals surface area contributed by atoms with Gasteiger partial charge in [0.2, 0.25) is 0 Å². The molecule has 3 nitrogen and oxygen atoms in total. The Kier molecular flexibility index (Phi) is 1.44. The topological polar surface area (TPSA) is 30.7 Å². The van der Waals surface area contributed by atoms with Crippen LogP contribution in [0.25, 0.3) is 17.1 Å². The highest BCUT2D eigenvalue weighted by molar-refractivity contribution is 9.10. The van der Waals surface area contributed by atoms with Gasteiger partial charge in [0.05, 0.1) is 5.69 Å². The van der Waals surface area contributed by atoms with Gasteiger partial charge in [0.15, 0.2) is 5.65 Å². The SMILES string of the molecule is C=Cc1nn(C)c2ncc(Br)cc12.[2HH].[2H][2H].[2H][2H]. The number of hydrogen-bond acceptors (Lipinski definition) is 2. The summed E-state index contributed by atoms with van der Waals surface area (Å²) in [5.74, 6) is 0. The second-order valence-electron chi connectivity index (χ2n) is 2.74. The quantitative estimate of drug-likeness (QED) is 0.777. The Hall–Kier alpha value is -1.16. The van der Waals surface area contributed by atoms with Gasteiger partial charge in [-0.2, -0.15) is 5.10 Å². The number of pyridine rings is 1. The molecule has 0 saturated heterocycles. The number of fused-ring (bicyclic) bond motifs is 1. The Morgan fingerprint density at radius 3 is 3.23 bits per heavy atom. The van der Waals surface area contributed by atoms with Crippen LogP contribution < -0.4 is 0 Å². The third-order valence-electron chi connectivity index (χ3n) is 1.87. The molecule has 0 saturated carbocycles. The van der Waals surface area contributed by atoms with E-state index in [4.69, 9.17) is 5.94 Å². The van der Waals surface area contributed by atoms with Crippen LogP contribution in [0.5, 0.6) is 0 Å². The molecule has 0 amide bonds. The van der Waals surface area contributed by atoms with E-state index < -0.39 is 0 Å². The number of aromatic nitrogens is 3. The fourth-order valence-electron chi connectivity index (χ4n) is 1.29. The number of halogens is 1. The predicted molar refractivity (Wildman–Crippen MR) is 62.6 cm³/mol. The molecule has 2 aromatic rings. The largest absolute Gasteiger partial charge is 0.250 e. The molecule has 4 heteroatoms. The summed E-state index contributed by atoms with van der Waals surface area (Å²) in [6.45, 7) is 3.71. The lowest BCUT2D eigenvalue weighted by molar-refractivity contribution is 0.783. The molecule has 0 radical (unpaired) electrons. The summed E-state index contributed by atoms with van der Waals surface area (Å²) in [4.78, 5) is 4.25. The summed E-state index contributed by atoms with van der Waals surface area (Å²) in [5.41, 5.74) is 1.74. The van der Waals surface area contributed by atoms with Crippen LogP contribution in [0.4, 0.5) is 0 Å². The molecule has 0 aliphatic rings. The molecule has 0 aliphatic carbocycles. The van der Waals surface area contributed by atoms with Gasteiger partial charge in [-0.1, -0.05) is 6.58 Å². The van der Waals surface area contributed by atoms with E-state index in [0.29, 0.717) is 0 Å². The first kappa shape index (κ1) is 6.32. The molecule has 0 atom stereocenters. The lowest BCUT2D eigenvalue weighted by atomic mass is 10.2. The lowest BCUT2D eigenvalue weighted by Crippen LogP contribution is -1.91. The monoisotopic (exact) mass is 248 g/mol. The zero-order valence-electron chi connectivity index (χ0n) is 11.2. The van der Waals surface area contributed by atoms with Gasteiger partial charge in [0, 0.05) is 30.5 Å². The maximum absolute atomic E-state index is 5.00. The van der Waals surface area contributed by atoms with E-state index in [1.807, 2.05) is 13.1 Å². The van der Waals surface area contributed by atoms with Crippen molar-refractivity contribution in [2.75, 3.05) is 0 Å². The lowest BCUT2D eigenvalue weighted by Gasteiger charge is -1.92. The van der Waals surface area contributed by atoms with E-state index in [1.165, 1.54) is 0 Å². The molecule has 2 rings (SSSR count). The normalized spacial score (nSPS) is 11.8. The highest BCUT2D eigenvalue weighted by atomic mass is 79.9. The minimum atomic E-state index is 0. The summed E-state index contributed by atoms with van der Waals surface area (Å²) in [6, 6.07) is 1.99. The first-order valence-corrected chi connectivity index (χ1v) is 4.62. The van der Waals surface area contributed by atoms with Crippen LogP contribution in [0.2, 0.25) is 0 Å². The van der Waals surface area contributed by atoms with Crippen molar-refractivity contribution in [3.05, 3.63) is 29.0 Å². The van der Waals surface area contributed by atoms with Crippen LogP contribution in [-0.4, -0.2) is 14.8 Å². The molecule has 13 heavy (non-hydrogen) atoms. The van der Waals surface area contributed by atoms with E-state index in [2.05, 4.69) is 32.6 Å². The standard InChI is InChI=1S/C9H8BrN3.3H2/c1-3-8-7-4-6(10)5-11-9(7)13(2)12-8;;;/h3-5H,1H2,2H3;3*1H/i;2*1+1D;1+1. The molecule has 0 unspecified atom stereocenters. The van der Waals surface area contributed by atoms with Crippen molar-refractivity contribution in [3.63, 3.8) is 0 Å². The average molecular weight is 249 g/mol. The Balaban J connectivity index is 0.